The van der Waals surface area contributed by atoms with Crippen LogP contribution in [-0.4, -0.2) is 60.5 Å². The van der Waals surface area contributed by atoms with E-state index < -0.39 is 34.5 Å². The molecule has 0 radical (unpaired) electrons. The van der Waals surface area contributed by atoms with Crippen molar-refractivity contribution in [1.29, 1.82) is 0 Å². The van der Waals surface area contributed by atoms with Crippen molar-refractivity contribution in [2.75, 3.05) is 23.9 Å². The van der Waals surface area contributed by atoms with Crippen LogP contribution >= 0.6 is 0 Å². The molecule has 4 rings (SSSR count). The molecule has 0 aliphatic heterocycles. The maximum Gasteiger partial charge on any atom is 0.333 e. The molecule has 5 atom stereocenters. The van der Waals surface area contributed by atoms with Gasteiger partial charge in [0.05, 0.1) is 24.8 Å². The maximum absolute atomic E-state index is 11.0. The van der Waals surface area contributed by atoms with Gasteiger partial charge in [-0.05, 0) is 30.4 Å². The van der Waals surface area contributed by atoms with Crippen LogP contribution in [-0.2, 0) is 20.9 Å². The van der Waals surface area contributed by atoms with Crippen LogP contribution in [0.15, 0.2) is 36.7 Å². The fraction of sp³-hybridized carbons (Fsp3) is 0.500. The van der Waals surface area contributed by atoms with Crippen LogP contribution in [0.5, 0.6) is 0 Å². The average Bonchev–Trinajstić information content (AvgIpc) is 3.27. The van der Waals surface area contributed by atoms with Crippen LogP contribution in [0.25, 0.3) is 0 Å². The number of hydrogen-bond donors (Lipinski definition) is 4. The van der Waals surface area contributed by atoms with Gasteiger partial charge >= 0.3 is 10.3 Å². The molecule has 1 saturated carbocycles. The minimum atomic E-state index is -4.12. The monoisotopic (exact) mass is 449 g/mol. The molecule has 0 amide bonds. The zero-order valence-electron chi connectivity index (χ0n) is 17.1. The lowest BCUT2D eigenvalue weighted by molar-refractivity contribution is 0.00578. The van der Waals surface area contributed by atoms with Gasteiger partial charge in [0, 0.05) is 19.0 Å². The van der Waals surface area contributed by atoms with Gasteiger partial charge in [-0.25, -0.2) is 15.1 Å². The minimum Gasteiger partial charge on any atom is -0.390 e. The predicted molar refractivity (Wildman–Crippen MR) is 115 cm³/mol. The number of aryl methyl sites for hydroxylation is 1. The maximum atomic E-state index is 11.0. The van der Waals surface area contributed by atoms with Crippen molar-refractivity contribution in [3.63, 3.8) is 0 Å². The van der Waals surface area contributed by atoms with Crippen LogP contribution < -0.4 is 15.4 Å². The number of nitrogens with zero attached hydrogens (tertiary/aromatic N) is 3. The zero-order valence-corrected chi connectivity index (χ0v) is 17.9. The second-order valence-electron chi connectivity index (χ2n) is 8.13. The van der Waals surface area contributed by atoms with Gasteiger partial charge in [0.25, 0.3) is 0 Å². The molecule has 0 bridgehead atoms. The highest BCUT2D eigenvalue weighted by Gasteiger charge is 2.44. The number of nitrogens with two attached hydrogens (primary N) is 1. The highest BCUT2D eigenvalue weighted by molar-refractivity contribution is 7.84. The van der Waals surface area contributed by atoms with Crippen molar-refractivity contribution >= 4 is 21.9 Å². The summed E-state index contributed by atoms with van der Waals surface area (Å²) in [5.74, 6) is 0.670. The number of aliphatic hydroxyl groups excluding tert-OH is 2. The van der Waals surface area contributed by atoms with E-state index in [0.29, 0.717) is 18.1 Å². The molecule has 1 aromatic carbocycles. The zero-order chi connectivity index (χ0) is 22.2. The number of nitrogens with one attached hydrogen (secondary N) is 1. The molecule has 10 nitrogen and oxygen atoms in total. The molecular formula is C20H27N5O5S. The first-order chi connectivity index (χ1) is 14.7. The molecule has 1 heterocycles. The van der Waals surface area contributed by atoms with E-state index in [9.17, 15) is 18.6 Å². The van der Waals surface area contributed by atoms with Gasteiger partial charge in [-0.3, -0.25) is 4.18 Å². The molecule has 0 saturated heterocycles. The number of hydrogen-bond acceptors (Lipinski definition) is 9. The summed E-state index contributed by atoms with van der Waals surface area (Å²) in [5.41, 5.74) is 2.60. The van der Waals surface area contributed by atoms with Crippen molar-refractivity contribution in [2.45, 2.75) is 43.6 Å². The summed E-state index contributed by atoms with van der Waals surface area (Å²) in [6.45, 7) is -0.293. The van der Waals surface area contributed by atoms with Gasteiger partial charge in [0.15, 0.2) is 0 Å². The van der Waals surface area contributed by atoms with E-state index in [1.54, 1.807) is 18.0 Å². The Morgan fingerprint density at radius 2 is 2.03 bits per heavy atom. The molecule has 1 unspecified atom stereocenters. The van der Waals surface area contributed by atoms with Crippen LogP contribution in [0.1, 0.15) is 30.0 Å². The smallest absolute Gasteiger partial charge is 0.333 e. The Bertz CT molecular complexity index is 1040. The number of aromatic nitrogens is 2. The lowest BCUT2D eigenvalue weighted by Crippen LogP contribution is -2.41. The second kappa shape index (κ2) is 8.67. The first kappa shape index (κ1) is 21.9. The highest BCUT2D eigenvalue weighted by atomic mass is 32.2. The number of aliphatic hydroxyl groups is 2. The van der Waals surface area contributed by atoms with E-state index in [1.165, 1.54) is 17.5 Å². The topological polar surface area (TPSA) is 151 Å². The Kier molecular flexibility index (Phi) is 6.13. The summed E-state index contributed by atoms with van der Waals surface area (Å²) >= 11 is 0. The number of rotatable bonds is 7. The van der Waals surface area contributed by atoms with Crippen molar-refractivity contribution in [3.8, 4) is 0 Å². The van der Waals surface area contributed by atoms with E-state index >= 15 is 0 Å². The fourth-order valence-corrected chi connectivity index (χ4v) is 4.87. The normalized spacial score (nSPS) is 27.8. The molecule has 1 aromatic heterocycles. The van der Waals surface area contributed by atoms with E-state index in [-0.39, 0.29) is 12.6 Å². The van der Waals surface area contributed by atoms with Crippen molar-refractivity contribution in [1.82, 2.24) is 9.97 Å². The summed E-state index contributed by atoms with van der Waals surface area (Å²) in [4.78, 5) is 10.4. The first-order valence-corrected chi connectivity index (χ1v) is 11.6. The summed E-state index contributed by atoms with van der Waals surface area (Å²) in [6, 6.07) is 9.83. The summed E-state index contributed by atoms with van der Waals surface area (Å²) in [6.07, 6.45) is 1.54. The molecule has 1 fully saturated rings. The summed E-state index contributed by atoms with van der Waals surface area (Å²) in [7, 11) is -2.35. The Morgan fingerprint density at radius 3 is 2.81 bits per heavy atom. The van der Waals surface area contributed by atoms with Gasteiger partial charge in [-0.1, -0.05) is 24.3 Å². The van der Waals surface area contributed by atoms with Gasteiger partial charge < -0.3 is 20.4 Å². The van der Waals surface area contributed by atoms with E-state index in [2.05, 4.69) is 31.6 Å². The van der Waals surface area contributed by atoms with Crippen molar-refractivity contribution in [2.24, 2.45) is 11.1 Å². The molecule has 2 aromatic rings. The van der Waals surface area contributed by atoms with Crippen LogP contribution in [0.2, 0.25) is 0 Å². The largest absolute Gasteiger partial charge is 0.390 e. The van der Waals surface area contributed by atoms with Crippen LogP contribution in [0.3, 0.4) is 0 Å². The molecular weight excluding hydrogens is 422 g/mol. The fourth-order valence-electron chi connectivity index (χ4n) is 4.51. The molecule has 11 heteroatoms. The highest BCUT2D eigenvalue weighted by Crippen LogP contribution is 2.35. The third-order valence-corrected chi connectivity index (χ3v) is 6.65. The van der Waals surface area contributed by atoms with E-state index in [1.807, 2.05) is 12.1 Å². The SMILES string of the molecule is CN(c1cc(N[C@H]2CCc3ccccc32)ncn1)C1C[C@H](COS(N)(=O)=O)[C@@H](O)[C@H]1O. The van der Waals surface area contributed by atoms with Crippen molar-refractivity contribution in [3.05, 3.63) is 47.8 Å². The third-order valence-electron chi connectivity index (χ3n) is 6.18. The minimum absolute atomic E-state index is 0.169. The number of benzene rings is 1. The predicted octanol–water partition coefficient (Wildman–Crippen LogP) is 0.343. The lowest BCUT2D eigenvalue weighted by Gasteiger charge is -2.29. The molecule has 31 heavy (non-hydrogen) atoms. The molecule has 0 spiro atoms. The Morgan fingerprint density at radius 1 is 1.26 bits per heavy atom. The second-order valence-corrected chi connectivity index (χ2v) is 9.35. The van der Waals surface area contributed by atoms with E-state index in [4.69, 9.17) is 5.14 Å². The molecule has 2 aliphatic rings. The number of fused-ring (bicyclic) bond motifs is 1. The van der Waals surface area contributed by atoms with Gasteiger partial charge in [0.2, 0.25) is 0 Å². The molecule has 2 aliphatic carbocycles. The van der Waals surface area contributed by atoms with Crippen LogP contribution in [0, 0.1) is 5.92 Å². The lowest BCUT2D eigenvalue weighted by atomic mass is 10.1. The van der Waals surface area contributed by atoms with Crippen molar-refractivity contribution < 1.29 is 22.8 Å². The van der Waals surface area contributed by atoms with Gasteiger partial charge in [-0.2, -0.15) is 8.42 Å². The molecule has 5 N–H and O–H groups in total. The van der Waals surface area contributed by atoms with E-state index in [0.717, 1.165) is 12.8 Å². The Balaban J connectivity index is 1.45. The molecule has 168 valence electrons. The Labute approximate surface area is 181 Å². The number of anilines is 2. The quantitative estimate of drug-likeness (QED) is 0.469. The summed E-state index contributed by atoms with van der Waals surface area (Å²) in [5, 5.41) is 29.2. The van der Waals surface area contributed by atoms with Gasteiger partial charge in [0.1, 0.15) is 24.1 Å². The Hall–Kier alpha value is -2.31. The van der Waals surface area contributed by atoms with Crippen LogP contribution in [0.4, 0.5) is 11.6 Å². The average molecular weight is 450 g/mol. The third kappa shape index (κ3) is 4.80. The standard InChI is InChI=1S/C20H27N5O5S/c1-25(16-8-13(19(26)20(16)27)10-30-31(21,28)29)18-9-17(22-11-23-18)24-15-7-6-12-4-2-3-5-14(12)15/h2-5,9,11,13,15-16,19-20,26-27H,6-8,10H2,1H3,(H2,21,28,29)(H,22,23,24)/t13-,15+,16?,19-,20+/m1/s1. The van der Waals surface area contributed by atoms with Gasteiger partial charge in [-0.15, -0.1) is 0 Å². The number of likely N-dealkylation sites (N-methyl/N-ethyl adjacent to an activating group) is 1. The summed E-state index contributed by atoms with van der Waals surface area (Å²) < 4.78 is 26.7. The first-order valence-electron chi connectivity index (χ1n) is 10.2.